The molecule has 0 aliphatic carbocycles. The third-order valence-electron chi connectivity index (χ3n) is 3.90. The van der Waals surface area contributed by atoms with Gasteiger partial charge in [-0.05, 0) is 77.2 Å². The van der Waals surface area contributed by atoms with E-state index in [2.05, 4.69) is 17.3 Å². The standard InChI is InChI=1S/C12H24N2/c1-14-7-2-3-11(5-8-14)9-12-4-6-13-10-12/h11-13H,2-10H2,1H3. The Bertz CT molecular complexity index is 164. The molecule has 2 saturated heterocycles. The topological polar surface area (TPSA) is 15.3 Å². The Hall–Kier alpha value is -0.0800. The van der Waals surface area contributed by atoms with Gasteiger partial charge in [-0.3, -0.25) is 0 Å². The van der Waals surface area contributed by atoms with Gasteiger partial charge in [-0.2, -0.15) is 0 Å². The molecule has 2 fully saturated rings. The molecule has 0 bridgehead atoms. The van der Waals surface area contributed by atoms with Gasteiger partial charge in [0.2, 0.25) is 0 Å². The maximum absolute atomic E-state index is 3.48. The fraction of sp³-hybridized carbons (Fsp3) is 1.00. The van der Waals surface area contributed by atoms with Crippen molar-refractivity contribution in [2.75, 3.05) is 33.2 Å². The summed E-state index contributed by atoms with van der Waals surface area (Å²) in [6.45, 7) is 5.19. The van der Waals surface area contributed by atoms with Gasteiger partial charge in [0.05, 0.1) is 0 Å². The van der Waals surface area contributed by atoms with E-state index in [4.69, 9.17) is 0 Å². The first-order chi connectivity index (χ1) is 6.84. The first-order valence-electron chi connectivity index (χ1n) is 6.24. The highest BCUT2D eigenvalue weighted by Crippen LogP contribution is 2.26. The van der Waals surface area contributed by atoms with Crippen molar-refractivity contribution in [1.82, 2.24) is 10.2 Å². The smallest absolute Gasteiger partial charge is 0.00191 e. The number of hydrogen-bond donors (Lipinski definition) is 1. The minimum absolute atomic E-state index is 0.989. The van der Waals surface area contributed by atoms with Gasteiger partial charge in [-0.25, -0.2) is 0 Å². The van der Waals surface area contributed by atoms with Crippen LogP contribution in [0.1, 0.15) is 32.1 Å². The predicted molar refractivity (Wildman–Crippen MR) is 60.4 cm³/mol. The minimum Gasteiger partial charge on any atom is -0.316 e. The van der Waals surface area contributed by atoms with Crippen molar-refractivity contribution in [3.63, 3.8) is 0 Å². The molecule has 2 unspecified atom stereocenters. The van der Waals surface area contributed by atoms with E-state index in [1.165, 1.54) is 58.3 Å². The second-order valence-corrected chi connectivity index (χ2v) is 5.19. The second-order valence-electron chi connectivity index (χ2n) is 5.19. The first kappa shape index (κ1) is 10.4. The molecule has 14 heavy (non-hydrogen) atoms. The zero-order chi connectivity index (χ0) is 9.80. The van der Waals surface area contributed by atoms with Gasteiger partial charge < -0.3 is 10.2 Å². The van der Waals surface area contributed by atoms with Crippen LogP contribution in [0.4, 0.5) is 0 Å². The number of nitrogens with one attached hydrogen (secondary N) is 1. The zero-order valence-electron chi connectivity index (χ0n) is 9.47. The van der Waals surface area contributed by atoms with Crippen LogP contribution in [0, 0.1) is 11.8 Å². The quantitative estimate of drug-likeness (QED) is 0.723. The molecule has 0 saturated carbocycles. The molecule has 1 N–H and O–H groups in total. The summed E-state index contributed by atoms with van der Waals surface area (Å²) in [4.78, 5) is 2.49. The fourth-order valence-electron chi connectivity index (χ4n) is 2.93. The molecule has 0 aromatic heterocycles. The third kappa shape index (κ3) is 2.96. The Labute approximate surface area is 88.1 Å². The molecule has 2 atom stereocenters. The van der Waals surface area contributed by atoms with E-state index in [9.17, 15) is 0 Å². The van der Waals surface area contributed by atoms with Crippen molar-refractivity contribution in [3.8, 4) is 0 Å². The summed E-state index contributed by atoms with van der Waals surface area (Å²) in [5.74, 6) is 2.01. The maximum atomic E-state index is 3.48. The highest BCUT2D eigenvalue weighted by atomic mass is 15.1. The summed E-state index contributed by atoms with van der Waals surface area (Å²) in [5.41, 5.74) is 0. The number of likely N-dealkylation sites (tertiary alicyclic amines) is 1. The van der Waals surface area contributed by atoms with E-state index in [0.29, 0.717) is 0 Å². The first-order valence-corrected chi connectivity index (χ1v) is 6.24. The van der Waals surface area contributed by atoms with E-state index < -0.39 is 0 Å². The normalized spacial score (nSPS) is 35.8. The van der Waals surface area contributed by atoms with E-state index in [1.807, 2.05) is 0 Å². The third-order valence-corrected chi connectivity index (χ3v) is 3.90. The summed E-state index contributed by atoms with van der Waals surface area (Å²) in [6, 6.07) is 0. The summed E-state index contributed by atoms with van der Waals surface area (Å²) in [6.07, 6.45) is 7.24. The zero-order valence-corrected chi connectivity index (χ0v) is 9.47. The van der Waals surface area contributed by atoms with Crippen LogP contribution >= 0.6 is 0 Å². The van der Waals surface area contributed by atoms with Crippen LogP contribution in [0.3, 0.4) is 0 Å². The van der Waals surface area contributed by atoms with Crippen LogP contribution in [0.5, 0.6) is 0 Å². The van der Waals surface area contributed by atoms with Gasteiger partial charge >= 0.3 is 0 Å². The number of rotatable bonds is 2. The monoisotopic (exact) mass is 196 g/mol. The van der Waals surface area contributed by atoms with Crippen LogP contribution in [-0.2, 0) is 0 Å². The van der Waals surface area contributed by atoms with E-state index in [1.54, 1.807) is 0 Å². The van der Waals surface area contributed by atoms with Crippen molar-refractivity contribution in [3.05, 3.63) is 0 Å². The number of nitrogens with zero attached hydrogens (tertiary/aromatic N) is 1. The summed E-state index contributed by atoms with van der Waals surface area (Å²) in [7, 11) is 2.26. The molecule has 0 spiro atoms. The molecule has 2 rings (SSSR count). The Morgan fingerprint density at radius 2 is 2.07 bits per heavy atom. The van der Waals surface area contributed by atoms with Crippen molar-refractivity contribution >= 4 is 0 Å². The van der Waals surface area contributed by atoms with Crippen molar-refractivity contribution in [2.45, 2.75) is 32.1 Å². The van der Waals surface area contributed by atoms with Crippen molar-refractivity contribution < 1.29 is 0 Å². The highest BCUT2D eigenvalue weighted by Gasteiger charge is 2.21. The molecular formula is C12H24N2. The van der Waals surface area contributed by atoms with Crippen LogP contribution in [0.2, 0.25) is 0 Å². The van der Waals surface area contributed by atoms with Crippen LogP contribution in [0.25, 0.3) is 0 Å². The fourth-order valence-corrected chi connectivity index (χ4v) is 2.93. The van der Waals surface area contributed by atoms with Crippen molar-refractivity contribution in [2.24, 2.45) is 11.8 Å². The Morgan fingerprint density at radius 3 is 2.86 bits per heavy atom. The lowest BCUT2D eigenvalue weighted by Gasteiger charge is -2.18. The molecule has 2 heterocycles. The molecule has 2 nitrogen and oxygen atoms in total. The van der Waals surface area contributed by atoms with Gasteiger partial charge in [-0.1, -0.05) is 0 Å². The summed E-state index contributed by atoms with van der Waals surface area (Å²) in [5, 5.41) is 3.48. The van der Waals surface area contributed by atoms with Gasteiger partial charge in [0.25, 0.3) is 0 Å². The average molecular weight is 196 g/mol. The van der Waals surface area contributed by atoms with Gasteiger partial charge in [0.15, 0.2) is 0 Å². The van der Waals surface area contributed by atoms with Crippen LogP contribution in [-0.4, -0.2) is 38.1 Å². The Morgan fingerprint density at radius 1 is 1.14 bits per heavy atom. The van der Waals surface area contributed by atoms with E-state index in [-0.39, 0.29) is 0 Å². The molecule has 0 aromatic carbocycles. The van der Waals surface area contributed by atoms with E-state index >= 15 is 0 Å². The molecule has 0 aromatic rings. The van der Waals surface area contributed by atoms with Gasteiger partial charge in [0.1, 0.15) is 0 Å². The summed E-state index contributed by atoms with van der Waals surface area (Å²) >= 11 is 0. The van der Waals surface area contributed by atoms with Gasteiger partial charge in [-0.15, -0.1) is 0 Å². The lowest BCUT2D eigenvalue weighted by Crippen LogP contribution is -2.19. The maximum Gasteiger partial charge on any atom is -0.00191 e. The predicted octanol–water partition coefficient (Wildman–Crippen LogP) is 1.72. The molecule has 82 valence electrons. The SMILES string of the molecule is CN1CCCC(CC2CCNC2)CC1. The second kappa shape index (κ2) is 5.13. The lowest BCUT2D eigenvalue weighted by atomic mass is 9.89. The Kier molecular flexibility index (Phi) is 3.82. The molecular weight excluding hydrogens is 172 g/mol. The van der Waals surface area contributed by atoms with Crippen molar-refractivity contribution in [1.29, 1.82) is 0 Å². The number of hydrogen-bond acceptors (Lipinski definition) is 2. The minimum atomic E-state index is 0.989. The molecule has 2 aliphatic heterocycles. The Balaban J connectivity index is 1.73. The highest BCUT2D eigenvalue weighted by molar-refractivity contribution is 4.76. The summed E-state index contributed by atoms with van der Waals surface area (Å²) < 4.78 is 0. The molecule has 2 heteroatoms. The molecule has 0 radical (unpaired) electrons. The van der Waals surface area contributed by atoms with E-state index in [0.717, 1.165) is 11.8 Å². The molecule has 2 aliphatic rings. The lowest BCUT2D eigenvalue weighted by molar-refractivity contribution is 0.324. The largest absolute Gasteiger partial charge is 0.316 e. The average Bonchev–Trinajstić information content (AvgIpc) is 2.58. The molecule has 0 amide bonds. The van der Waals surface area contributed by atoms with Crippen LogP contribution < -0.4 is 5.32 Å². The van der Waals surface area contributed by atoms with Gasteiger partial charge in [0, 0.05) is 0 Å². The van der Waals surface area contributed by atoms with Crippen LogP contribution in [0.15, 0.2) is 0 Å².